The fourth-order valence-electron chi connectivity index (χ4n) is 0.914. The van der Waals surface area contributed by atoms with Gasteiger partial charge in [-0.3, -0.25) is 5.84 Å². The molecule has 3 nitrogen and oxygen atoms in total. The number of nitrogens with one attached hydrogen (secondary N) is 1. The number of halogens is 1. The van der Waals surface area contributed by atoms with Crippen molar-refractivity contribution in [2.75, 3.05) is 12.0 Å². The van der Waals surface area contributed by atoms with E-state index in [1.807, 2.05) is 25.1 Å². The van der Waals surface area contributed by atoms with E-state index in [-0.39, 0.29) is 0 Å². The minimum atomic E-state index is 0.622. The Labute approximate surface area is 80.0 Å². The molecule has 0 radical (unpaired) electrons. The summed E-state index contributed by atoms with van der Waals surface area (Å²) in [6, 6.07) is 5.66. The molecule has 0 unspecified atom stereocenters. The van der Waals surface area contributed by atoms with Crippen molar-refractivity contribution >= 4 is 21.6 Å². The van der Waals surface area contributed by atoms with E-state index in [0.29, 0.717) is 6.61 Å². The van der Waals surface area contributed by atoms with Gasteiger partial charge >= 0.3 is 0 Å². The van der Waals surface area contributed by atoms with Gasteiger partial charge in [0.2, 0.25) is 0 Å². The van der Waals surface area contributed by atoms with Crippen LogP contribution in [0, 0.1) is 0 Å². The summed E-state index contributed by atoms with van der Waals surface area (Å²) >= 11 is 3.37. The van der Waals surface area contributed by atoms with Crippen molar-refractivity contribution in [2.24, 2.45) is 5.84 Å². The van der Waals surface area contributed by atoms with Crippen molar-refractivity contribution in [1.82, 2.24) is 0 Å². The maximum atomic E-state index is 5.37. The molecule has 0 amide bonds. The lowest BCUT2D eigenvalue weighted by Crippen LogP contribution is -2.08. The SMILES string of the molecule is CCOc1c(Br)cccc1NN. The second-order valence-electron chi connectivity index (χ2n) is 2.19. The highest BCUT2D eigenvalue weighted by Gasteiger charge is 2.04. The molecule has 66 valence electrons. The summed E-state index contributed by atoms with van der Waals surface area (Å²) in [7, 11) is 0. The van der Waals surface area contributed by atoms with Crippen LogP contribution in [0.15, 0.2) is 22.7 Å². The van der Waals surface area contributed by atoms with Crippen molar-refractivity contribution in [3.8, 4) is 5.75 Å². The molecule has 0 aromatic heterocycles. The van der Waals surface area contributed by atoms with Crippen LogP contribution in [0.2, 0.25) is 0 Å². The van der Waals surface area contributed by atoms with Crippen LogP contribution in [0.4, 0.5) is 5.69 Å². The molecule has 1 rings (SSSR count). The van der Waals surface area contributed by atoms with Gasteiger partial charge in [-0.2, -0.15) is 0 Å². The summed E-state index contributed by atoms with van der Waals surface area (Å²) in [5.41, 5.74) is 3.35. The fourth-order valence-corrected chi connectivity index (χ4v) is 1.39. The normalized spacial score (nSPS) is 9.58. The second-order valence-corrected chi connectivity index (χ2v) is 3.05. The third kappa shape index (κ3) is 1.89. The second kappa shape index (κ2) is 4.33. The molecule has 0 aliphatic carbocycles. The summed E-state index contributed by atoms with van der Waals surface area (Å²) in [4.78, 5) is 0. The minimum absolute atomic E-state index is 0.622. The molecule has 0 atom stereocenters. The molecule has 1 aromatic rings. The lowest BCUT2D eigenvalue weighted by molar-refractivity contribution is 0.339. The molecule has 0 fully saturated rings. The van der Waals surface area contributed by atoms with Gasteiger partial charge < -0.3 is 10.2 Å². The minimum Gasteiger partial charge on any atom is -0.490 e. The van der Waals surface area contributed by atoms with Crippen LogP contribution in [0.5, 0.6) is 5.75 Å². The van der Waals surface area contributed by atoms with Crippen LogP contribution in [0.25, 0.3) is 0 Å². The van der Waals surface area contributed by atoms with Gasteiger partial charge in [-0.25, -0.2) is 0 Å². The first-order chi connectivity index (χ1) is 5.79. The summed E-state index contributed by atoms with van der Waals surface area (Å²) in [6.07, 6.45) is 0. The van der Waals surface area contributed by atoms with E-state index in [1.165, 1.54) is 0 Å². The predicted octanol–water partition coefficient (Wildman–Crippen LogP) is 2.13. The summed E-state index contributed by atoms with van der Waals surface area (Å²) in [5, 5.41) is 0. The first-order valence-electron chi connectivity index (χ1n) is 3.67. The number of nitrogen functional groups attached to an aromatic ring is 1. The van der Waals surface area contributed by atoms with Gasteiger partial charge in [-0.1, -0.05) is 6.07 Å². The fraction of sp³-hybridized carbons (Fsp3) is 0.250. The smallest absolute Gasteiger partial charge is 0.157 e. The zero-order valence-electron chi connectivity index (χ0n) is 6.80. The van der Waals surface area contributed by atoms with Gasteiger partial charge in [0, 0.05) is 0 Å². The lowest BCUT2D eigenvalue weighted by Gasteiger charge is -2.10. The van der Waals surface area contributed by atoms with E-state index in [1.54, 1.807) is 0 Å². The number of rotatable bonds is 3. The van der Waals surface area contributed by atoms with Gasteiger partial charge in [0.05, 0.1) is 16.8 Å². The zero-order valence-corrected chi connectivity index (χ0v) is 8.39. The Bertz CT molecular complexity index is 265. The zero-order chi connectivity index (χ0) is 8.97. The molecule has 12 heavy (non-hydrogen) atoms. The molecule has 4 heteroatoms. The monoisotopic (exact) mass is 230 g/mol. The lowest BCUT2D eigenvalue weighted by atomic mass is 10.3. The first kappa shape index (κ1) is 9.35. The Morgan fingerprint density at radius 1 is 1.58 bits per heavy atom. The van der Waals surface area contributed by atoms with E-state index >= 15 is 0 Å². The van der Waals surface area contributed by atoms with Gasteiger partial charge in [0.25, 0.3) is 0 Å². The van der Waals surface area contributed by atoms with Crippen molar-refractivity contribution in [2.45, 2.75) is 6.92 Å². The molecule has 3 N–H and O–H groups in total. The summed E-state index contributed by atoms with van der Waals surface area (Å²) in [5.74, 6) is 6.05. The van der Waals surface area contributed by atoms with Crippen LogP contribution >= 0.6 is 15.9 Å². The number of benzene rings is 1. The number of para-hydroxylation sites is 1. The van der Waals surface area contributed by atoms with E-state index in [9.17, 15) is 0 Å². The van der Waals surface area contributed by atoms with E-state index in [2.05, 4.69) is 21.4 Å². The quantitative estimate of drug-likeness (QED) is 0.618. The number of anilines is 1. The molecular weight excluding hydrogens is 220 g/mol. The van der Waals surface area contributed by atoms with E-state index in [0.717, 1.165) is 15.9 Å². The Kier molecular flexibility index (Phi) is 3.37. The average molecular weight is 231 g/mol. The van der Waals surface area contributed by atoms with E-state index in [4.69, 9.17) is 10.6 Å². The van der Waals surface area contributed by atoms with Crippen LogP contribution in [0.1, 0.15) is 6.92 Å². The maximum absolute atomic E-state index is 5.37. The highest BCUT2D eigenvalue weighted by atomic mass is 79.9. The molecule has 0 saturated heterocycles. The summed E-state index contributed by atoms with van der Waals surface area (Å²) < 4.78 is 6.27. The molecule has 1 aromatic carbocycles. The molecule has 0 bridgehead atoms. The van der Waals surface area contributed by atoms with Crippen molar-refractivity contribution in [1.29, 1.82) is 0 Å². The third-order valence-corrected chi connectivity index (χ3v) is 2.04. The molecule has 0 spiro atoms. The van der Waals surface area contributed by atoms with Crippen molar-refractivity contribution in [3.05, 3.63) is 22.7 Å². The Hall–Kier alpha value is -0.740. The Morgan fingerprint density at radius 2 is 2.33 bits per heavy atom. The number of ether oxygens (including phenoxy) is 1. The van der Waals surface area contributed by atoms with Crippen molar-refractivity contribution in [3.63, 3.8) is 0 Å². The summed E-state index contributed by atoms with van der Waals surface area (Å²) in [6.45, 7) is 2.55. The largest absolute Gasteiger partial charge is 0.490 e. The van der Waals surface area contributed by atoms with Gasteiger partial charge in [-0.15, -0.1) is 0 Å². The number of nitrogens with two attached hydrogens (primary N) is 1. The van der Waals surface area contributed by atoms with Gasteiger partial charge in [0.1, 0.15) is 0 Å². The molecule has 0 aliphatic rings. The number of hydrogen-bond donors (Lipinski definition) is 2. The average Bonchev–Trinajstić information content (AvgIpc) is 2.09. The molecule has 0 aliphatic heterocycles. The van der Waals surface area contributed by atoms with Crippen LogP contribution < -0.4 is 16.0 Å². The Balaban J connectivity index is 3.02. The highest BCUT2D eigenvalue weighted by molar-refractivity contribution is 9.10. The Morgan fingerprint density at radius 3 is 2.92 bits per heavy atom. The van der Waals surface area contributed by atoms with Crippen molar-refractivity contribution < 1.29 is 4.74 Å². The maximum Gasteiger partial charge on any atom is 0.157 e. The molecular formula is C8H11BrN2O. The third-order valence-electron chi connectivity index (χ3n) is 1.41. The topological polar surface area (TPSA) is 47.3 Å². The molecule has 0 heterocycles. The number of hydrazine groups is 1. The highest BCUT2D eigenvalue weighted by Crippen LogP contribution is 2.32. The first-order valence-corrected chi connectivity index (χ1v) is 4.46. The van der Waals surface area contributed by atoms with Crippen LogP contribution in [-0.4, -0.2) is 6.61 Å². The van der Waals surface area contributed by atoms with Crippen LogP contribution in [-0.2, 0) is 0 Å². The van der Waals surface area contributed by atoms with Gasteiger partial charge in [0.15, 0.2) is 5.75 Å². The molecule has 0 saturated carbocycles. The van der Waals surface area contributed by atoms with E-state index < -0.39 is 0 Å². The standard InChI is InChI=1S/C8H11BrN2O/c1-2-12-8-6(9)4-3-5-7(8)11-10/h3-5,11H,2,10H2,1H3. The number of hydrogen-bond acceptors (Lipinski definition) is 3. The van der Waals surface area contributed by atoms with Gasteiger partial charge in [-0.05, 0) is 35.0 Å². The predicted molar refractivity (Wildman–Crippen MR) is 53.1 cm³/mol. The van der Waals surface area contributed by atoms with Crippen LogP contribution in [0.3, 0.4) is 0 Å².